The monoisotopic (exact) mass is 372 g/mol. The molecular weight excluding hydrogens is 356 g/mol. The van der Waals surface area contributed by atoms with Crippen LogP contribution in [0.4, 0.5) is 5.82 Å². The van der Waals surface area contributed by atoms with Gasteiger partial charge in [0.2, 0.25) is 10.0 Å². The first-order valence-corrected chi connectivity index (χ1v) is 8.96. The lowest BCUT2D eigenvalue weighted by Gasteiger charge is -2.17. The summed E-state index contributed by atoms with van der Waals surface area (Å²) < 4.78 is 25.6. The SMILES string of the molecule is CN(CC(=O)C(C#N)C(=O)Nc1ccccn1)S(=O)(=O)c1ccccc1. The summed E-state index contributed by atoms with van der Waals surface area (Å²) in [6, 6.07) is 14.0. The second kappa shape index (κ2) is 8.33. The molecule has 9 heteroatoms. The number of carbonyl (C=O) groups excluding carboxylic acids is 2. The summed E-state index contributed by atoms with van der Waals surface area (Å²) in [6.45, 7) is -0.606. The number of amides is 1. The second-order valence-corrected chi connectivity index (χ2v) is 7.35. The molecule has 0 bridgehead atoms. The molecule has 0 aliphatic rings. The molecule has 1 aromatic carbocycles. The maximum atomic E-state index is 12.4. The number of pyridine rings is 1. The predicted octanol–water partition coefficient (Wildman–Crippen LogP) is 1.05. The van der Waals surface area contributed by atoms with Gasteiger partial charge >= 0.3 is 0 Å². The van der Waals surface area contributed by atoms with E-state index in [1.54, 1.807) is 36.4 Å². The Labute approximate surface area is 151 Å². The number of anilines is 1. The summed E-state index contributed by atoms with van der Waals surface area (Å²) in [7, 11) is -2.69. The molecule has 1 amide bonds. The van der Waals surface area contributed by atoms with Crippen LogP contribution < -0.4 is 5.32 Å². The lowest BCUT2D eigenvalue weighted by Crippen LogP contribution is -2.38. The van der Waals surface area contributed by atoms with E-state index in [-0.39, 0.29) is 10.7 Å². The maximum absolute atomic E-state index is 12.4. The number of Topliss-reactive ketones (excluding diaryl/α,β-unsaturated/α-hetero) is 1. The minimum Gasteiger partial charge on any atom is -0.309 e. The van der Waals surface area contributed by atoms with Crippen LogP contribution in [0.1, 0.15) is 0 Å². The highest BCUT2D eigenvalue weighted by Gasteiger charge is 2.31. The van der Waals surface area contributed by atoms with Gasteiger partial charge in [-0.2, -0.15) is 9.57 Å². The summed E-state index contributed by atoms with van der Waals surface area (Å²) >= 11 is 0. The van der Waals surface area contributed by atoms with Crippen LogP contribution in [0, 0.1) is 17.2 Å². The number of likely N-dealkylation sites (N-methyl/N-ethyl adjacent to an activating group) is 1. The van der Waals surface area contributed by atoms with Crippen molar-refractivity contribution < 1.29 is 18.0 Å². The van der Waals surface area contributed by atoms with E-state index >= 15 is 0 Å². The van der Waals surface area contributed by atoms with Gasteiger partial charge in [0.25, 0.3) is 5.91 Å². The molecule has 0 saturated heterocycles. The average molecular weight is 372 g/mol. The molecule has 0 radical (unpaired) electrons. The molecule has 1 unspecified atom stereocenters. The van der Waals surface area contributed by atoms with E-state index in [4.69, 9.17) is 5.26 Å². The Morgan fingerprint density at radius 3 is 2.42 bits per heavy atom. The molecule has 134 valence electrons. The van der Waals surface area contributed by atoms with Gasteiger partial charge in [0, 0.05) is 13.2 Å². The number of benzene rings is 1. The molecular formula is C17H16N4O4S. The standard InChI is InChI=1S/C17H16N4O4S/c1-21(26(24,25)13-7-3-2-4-8-13)12-15(22)14(11-18)17(23)20-16-9-5-6-10-19-16/h2-10,14H,12H2,1H3,(H,19,20,23). The number of nitrogens with one attached hydrogen (secondary N) is 1. The highest BCUT2D eigenvalue weighted by molar-refractivity contribution is 7.89. The highest BCUT2D eigenvalue weighted by Crippen LogP contribution is 2.14. The van der Waals surface area contributed by atoms with Crippen LogP contribution in [0.5, 0.6) is 0 Å². The molecule has 0 spiro atoms. The first kappa shape index (κ1) is 19.2. The summed E-state index contributed by atoms with van der Waals surface area (Å²) in [6.07, 6.45) is 1.44. The van der Waals surface area contributed by atoms with E-state index in [9.17, 15) is 18.0 Å². The molecule has 8 nitrogen and oxygen atoms in total. The number of rotatable bonds is 7. The second-order valence-electron chi connectivity index (χ2n) is 5.31. The molecule has 0 aliphatic heterocycles. The van der Waals surface area contributed by atoms with E-state index in [0.29, 0.717) is 0 Å². The van der Waals surface area contributed by atoms with Gasteiger partial charge in [-0.15, -0.1) is 0 Å². The zero-order valence-electron chi connectivity index (χ0n) is 13.9. The van der Waals surface area contributed by atoms with Gasteiger partial charge in [0.15, 0.2) is 11.7 Å². The van der Waals surface area contributed by atoms with Crippen LogP contribution in [0.3, 0.4) is 0 Å². The van der Waals surface area contributed by atoms with Crippen molar-refractivity contribution in [3.63, 3.8) is 0 Å². The van der Waals surface area contributed by atoms with Gasteiger partial charge in [-0.1, -0.05) is 24.3 Å². The van der Waals surface area contributed by atoms with E-state index in [2.05, 4.69) is 10.3 Å². The zero-order valence-corrected chi connectivity index (χ0v) is 14.7. The Balaban J connectivity index is 2.09. The van der Waals surface area contributed by atoms with Crippen molar-refractivity contribution in [2.45, 2.75) is 4.90 Å². The van der Waals surface area contributed by atoms with Crippen molar-refractivity contribution in [3.8, 4) is 6.07 Å². The van der Waals surface area contributed by atoms with Gasteiger partial charge in [0.05, 0.1) is 17.5 Å². The smallest absolute Gasteiger partial charge is 0.250 e. The quantitative estimate of drug-likeness (QED) is 0.725. The third-order valence-electron chi connectivity index (χ3n) is 3.46. The Hall–Kier alpha value is -3.09. The number of ketones is 1. The zero-order chi connectivity index (χ0) is 19.2. The van der Waals surface area contributed by atoms with Gasteiger partial charge < -0.3 is 5.32 Å². The molecule has 0 saturated carbocycles. The fraction of sp³-hybridized carbons (Fsp3) is 0.176. The molecule has 1 atom stereocenters. The van der Waals surface area contributed by atoms with Crippen LogP contribution in [-0.4, -0.2) is 43.0 Å². The van der Waals surface area contributed by atoms with E-state index < -0.39 is 34.2 Å². The largest absolute Gasteiger partial charge is 0.309 e. The van der Waals surface area contributed by atoms with Crippen molar-refractivity contribution >= 4 is 27.5 Å². The van der Waals surface area contributed by atoms with E-state index in [1.165, 1.54) is 31.4 Å². The number of hydrogen-bond acceptors (Lipinski definition) is 6. The summed E-state index contributed by atoms with van der Waals surface area (Å²) in [5.41, 5.74) is 0. The minimum atomic E-state index is -3.90. The van der Waals surface area contributed by atoms with Crippen LogP contribution in [-0.2, 0) is 19.6 Å². The number of carbonyl (C=O) groups is 2. The third-order valence-corrected chi connectivity index (χ3v) is 5.28. The number of sulfonamides is 1. The Bertz CT molecular complexity index is 924. The van der Waals surface area contributed by atoms with Gasteiger partial charge in [0.1, 0.15) is 5.82 Å². The summed E-state index contributed by atoms with van der Waals surface area (Å²) in [5.74, 6) is -3.15. The fourth-order valence-corrected chi connectivity index (χ4v) is 3.24. The van der Waals surface area contributed by atoms with Crippen molar-refractivity contribution in [1.82, 2.24) is 9.29 Å². The van der Waals surface area contributed by atoms with Crippen LogP contribution in [0.25, 0.3) is 0 Å². The first-order chi connectivity index (χ1) is 12.4. The van der Waals surface area contributed by atoms with Crippen LogP contribution >= 0.6 is 0 Å². The molecule has 26 heavy (non-hydrogen) atoms. The minimum absolute atomic E-state index is 0.0155. The normalized spacial score (nSPS) is 12.2. The van der Waals surface area contributed by atoms with Gasteiger partial charge in [-0.3, -0.25) is 9.59 Å². The molecule has 2 aromatic rings. The molecule has 0 aliphatic carbocycles. The molecule has 2 rings (SSSR count). The molecule has 1 N–H and O–H groups in total. The predicted molar refractivity (Wildman–Crippen MR) is 93.2 cm³/mol. The van der Waals surface area contributed by atoms with Crippen molar-refractivity contribution in [1.29, 1.82) is 5.26 Å². The molecule has 1 aromatic heterocycles. The fourth-order valence-electron chi connectivity index (χ4n) is 2.08. The van der Waals surface area contributed by atoms with Crippen molar-refractivity contribution in [2.75, 3.05) is 18.9 Å². The highest BCUT2D eigenvalue weighted by atomic mass is 32.2. The number of nitriles is 1. The Kier molecular flexibility index (Phi) is 6.16. The molecule has 1 heterocycles. The lowest BCUT2D eigenvalue weighted by molar-refractivity contribution is -0.128. The van der Waals surface area contributed by atoms with Crippen LogP contribution in [0.2, 0.25) is 0 Å². The maximum Gasteiger partial charge on any atom is 0.250 e. The van der Waals surface area contributed by atoms with E-state index in [0.717, 1.165) is 4.31 Å². The number of hydrogen-bond donors (Lipinski definition) is 1. The summed E-state index contributed by atoms with van der Waals surface area (Å²) in [4.78, 5) is 28.3. The molecule has 0 fully saturated rings. The average Bonchev–Trinajstić information content (AvgIpc) is 2.63. The lowest BCUT2D eigenvalue weighted by atomic mass is 10.1. The number of nitrogens with zero attached hydrogens (tertiary/aromatic N) is 3. The summed E-state index contributed by atoms with van der Waals surface area (Å²) in [5, 5.41) is 11.5. The Morgan fingerprint density at radius 1 is 1.19 bits per heavy atom. The Morgan fingerprint density at radius 2 is 1.85 bits per heavy atom. The van der Waals surface area contributed by atoms with Crippen molar-refractivity contribution in [2.24, 2.45) is 5.92 Å². The first-order valence-electron chi connectivity index (χ1n) is 7.52. The van der Waals surface area contributed by atoms with Gasteiger partial charge in [-0.25, -0.2) is 13.4 Å². The van der Waals surface area contributed by atoms with Crippen LogP contribution in [0.15, 0.2) is 59.6 Å². The van der Waals surface area contributed by atoms with Gasteiger partial charge in [-0.05, 0) is 24.3 Å². The van der Waals surface area contributed by atoms with Crippen molar-refractivity contribution in [3.05, 3.63) is 54.7 Å². The number of aromatic nitrogens is 1. The topological polar surface area (TPSA) is 120 Å². The van der Waals surface area contributed by atoms with E-state index in [1.807, 2.05) is 0 Å². The third kappa shape index (κ3) is 4.50.